The molecule has 0 saturated heterocycles. The molecular formula is C25H20N4O2S. The van der Waals surface area contributed by atoms with E-state index in [0.717, 1.165) is 44.8 Å². The molecule has 158 valence electrons. The van der Waals surface area contributed by atoms with Crippen LogP contribution < -0.4 is 4.74 Å². The van der Waals surface area contributed by atoms with Crippen molar-refractivity contribution in [2.24, 2.45) is 10.1 Å². The summed E-state index contributed by atoms with van der Waals surface area (Å²) >= 11 is 1.12. The molecule has 0 fully saturated rings. The number of aromatic nitrogens is 1. The first-order valence-electron chi connectivity index (χ1n) is 10.2. The van der Waals surface area contributed by atoms with Crippen molar-refractivity contribution in [2.45, 2.75) is 12.5 Å². The third kappa shape index (κ3) is 4.07. The fraction of sp³-hybridized carbons (Fsp3) is 0.120. The Hall–Kier alpha value is -3.71. The smallest absolute Gasteiger partial charge is 0.311 e. The average molecular weight is 441 g/mol. The molecule has 1 unspecified atom stereocenters. The Kier molecular flexibility index (Phi) is 5.56. The predicted molar refractivity (Wildman–Crippen MR) is 128 cm³/mol. The quantitative estimate of drug-likeness (QED) is 0.532. The Morgan fingerprint density at radius 2 is 1.88 bits per heavy atom. The van der Waals surface area contributed by atoms with Gasteiger partial charge in [0.25, 0.3) is 0 Å². The summed E-state index contributed by atoms with van der Waals surface area (Å²) in [5, 5.41) is 6.57. The van der Waals surface area contributed by atoms with Gasteiger partial charge in [-0.1, -0.05) is 48.5 Å². The summed E-state index contributed by atoms with van der Waals surface area (Å²) in [6.07, 6.45) is 6.12. The van der Waals surface area contributed by atoms with Crippen LogP contribution in [0.1, 0.15) is 29.2 Å². The molecule has 0 bridgehead atoms. The minimum absolute atomic E-state index is 0.0846. The highest BCUT2D eigenvalue weighted by Gasteiger charge is 2.36. The number of amides is 1. The highest BCUT2D eigenvalue weighted by molar-refractivity contribution is 8.18. The SMILES string of the molecule is COc1ccc(C2CC(c3ccccc3)=NN2C2=NC(=O)S/C2=C\c2cccnc2)cc1. The number of benzene rings is 2. The molecule has 0 spiro atoms. The maximum atomic E-state index is 12.3. The van der Waals surface area contributed by atoms with Crippen LogP contribution in [0.3, 0.4) is 0 Å². The van der Waals surface area contributed by atoms with E-state index in [1.54, 1.807) is 19.5 Å². The van der Waals surface area contributed by atoms with Gasteiger partial charge in [0.05, 0.1) is 23.8 Å². The summed E-state index contributed by atoms with van der Waals surface area (Å²) in [7, 11) is 1.65. The van der Waals surface area contributed by atoms with Gasteiger partial charge < -0.3 is 4.74 Å². The predicted octanol–water partition coefficient (Wildman–Crippen LogP) is 5.55. The maximum Gasteiger partial charge on any atom is 0.311 e. The number of hydrazone groups is 1. The number of amidine groups is 1. The van der Waals surface area contributed by atoms with E-state index in [1.807, 2.05) is 65.7 Å². The Labute approximate surface area is 190 Å². The summed E-state index contributed by atoms with van der Waals surface area (Å²) in [6.45, 7) is 0. The first-order chi connectivity index (χ1) is 15.7. The summed E-state index contributed by atoms with van der Waals surface area (Å²) in [5.74, 6) is 1.36. The van der Waals surface area contributed by atoms with Crippen molar-refractivity contribution in [3.8, 4) is 5.75 Å². The number of thioether (sulfide) groups is 1. The lowest BCUT2D eigenvalue weighted by atomic mass is 9.98. The molecule has 32 heavy (non-hydrogen) atoms. The summed E-state index contributed by atoms with van der Waals surface area (Å²) < 4.78 is 5.32. The monoisotopic (exact) mass is 440 g/mol. The lowest BCUT2D eigenvalue weighted by Crippen LogP contribution is -2.26. The zero-order valence-electron chi connectivity index (χ0n) is 17.4. The van der Waals surface area contributed by atoms with Crippen LogP contribution in [0.15, 0.2) is 94.1 Å². The van der Waals surface area contributed by atoms with Crippen LogP contribution in [0.4, 0.5) is 4.79 Å². The third-order valence-corrected chi connectivity index (χ3v) is 6.12. The number of hydrogen-bond acceptors (Lipinski definition) is 6. The van der Waals surface area contributed by atoms with Gasteiger partial charge in [-0.2, -0.15) is 10.1 Å². The van der Waals surface area contributed by atoms with Crippen LogP contribution in [-0.4, -0.2) is 33.9 Å². The van der Waals surface area contributed by atoms with Crippen LogP contribution in [0.2, 0.25) is 0 Å². The van der Waals surface area contributed by atoms with Crippen molar-refractivity contribution >= 4 is 34.6 Å². The van der Waals surface area contributed by atoms with Crippen LogP contribution in [0, 0.1) is 0 Å². The molecule has 0 N–H and O–H groups in total. The number of carbonyl (C=O) groups excluding carboxylic acids is 1. The molecule has 2 aliphatic rings. The molecular weight excluding hydrogens is 420 g/mol. The van der Waals surface area contributed by atoms with Gasteiger partial charge in [-0.05, 0) is 52.7 Å². The minimum atomic E-state index is -0.244. The number of rotatable bonds is 4. The maximum absolute atomic E-state index is 12.3. The van der Waals surface area contributed by atoms with E-state index in [4.69, 9.17) is 9.84 Å². The van der Waals surface area contributed by atoms with Crippen LogP contribution >= 0.6 is 11.8 Å². The van der Waals surface area contributed by atoms with Gasteiger partial charge in [0.15, 0.2) is 5.84 Å². The molecule has 7 heteroatoms. The molecule has 1 aromatic heterocycles. The highest BCUT2D eigenvalue weighted by atomic mass is 32.2. The fourth-order valence-corrected chi connectivity index (χ4v) is 4.52. The first-order valence-corrected chi connectivity index (χ1v) is 11.0. The number of aliphatic imine (C=N–C) groups is 1. The van der Waals surface area contributed by atoms with Crippen LogP contribution in [0.5, 0.6) is 5.75 Å². The Bertz CT molecular complexity index is 1220. The Balaban J connectivity index is 1.56. The van der Waals surface area contributed by atoms with E-state index in [9.17, 15) is 4.79 Å². The molecule has 0 aliphatic carbocycles. The van der Waals surface area contributed by atoms with Crippen LogP contribution in [-0.2, 0) is 0 Å². The van der Waals surface area contributed by atoms with Gasteiger partial charge in [0, 0.05) is 18.8 Å². The number of pyridine rings is 1. The first kappa shape index (κ1) is 20.2. The van der Waals surface area contributed by atoms with Crippen molar-refractivity contribution in [2.75, 3.05) is 7.11 Å². The summed E-state index contributed by atoms with van der Waals surface area (Å²) in [6, 6.07) is 21.8. The van der Waals surface area contributed by atoms with Gasteiger partial charge in [0.2, 0.25) is 0 Å². The fourth-order valence-electron chi connectivity index (χ4n) is 3.77. The van der Waals surface area contributed by atoms with Crippen LogP contribution in [0.25, 0.3) is 6.08 Å². The molecule has 1 atom stereocenters. The van der Waals surface area contributed by atoms with E-state index in [1.165, 1.54) is 0 Å². The van der Waals surface area contributed by atoms with E-state index in [0.29, 0.717) is 12.3 Å². The minimum Gasteiger partial charge on any atom is -0.497 e. The molecule has 5 rings (SSSR count). The number of carbonyl (C=O) groups is 1. The van der Waals surface area contributed by atoms with Gasteiger partial charge in [-0.15, -0.1) is 0 Å². The van der Waals surface area contributed by atoms with Gasteiger partial charge in [-0.25, -0.2) is 5.01 Å². The largest absolute Gasteiger partial charge is 0.497 e. The molecule has 3 aromatic rings. The van der Waals surface area contributed by atoms with Gasteiger partial charge in [-0.3, -0.25) is 9.78 Å². The lowest BCUT2D eigenvalue weighted by molar-refractivity contribution is 0.267. The second-order valence-electron chi connectivity index (χ2n) is 7.35. The second kappa shape index (κ2) is 8.80. The van der Waals surface area contributed by atoms with E-state index in [-0.39, 0.29) is 11.3 Å². The lowest BCUT2D eigenvalue weighted by Gasteiger charge is -2.24. The number of ether oxygens (including phenoxy) is 1. The van der Waals surface area contributed by atoms with Gasteiger partial charge in [0.1, 0.15) is 5.75 Å². The normalized spacial score (nSPS) is 19.3. The molecule has 6 nitrogen and oxygen atoms in total. The third-order valence-electron chi connectivity index (χ3n) is 5.33. The molecule has 2 aromatic carbocycles. The standard InChI is InChI=1S/C25H20N4O2S/c1-31-20-11-9-19(10-12-20)22-15-21(18-7-3-2-4-8-18)28-29(22)24-23(32-25(30)27-24)14-17-6-5-13-26-16-17/h2-14,16,22H,15H2,1H3/b23-14-. The molecule has 3 heterocycles. The van der Waals surface area contributed by atoms with Crippen molar-refractivity contribution in [3.63, 3.8) is 0 Å². The molecule has 0 saturated carbocycles. The van der Waals surface area contributed by atoms with Crippen molar-refractivity contribution in [1.82, 2.24) is 9.99 Å². The molecule has 2 aliphatic heterocycles. The number of nitrogens with zero attached hydrogens (tertiary/aromatic N) is 4. The van der Waals surface area contributed by atoms with Gasteiger partial charge >= 0.3 is 5.24 Å². The van der Waals surface area contributed by atoms with Crippen molar-refractivity contribution < 1.29 is 9.53 Å². The highest BCUT2D eigenvalue weighted by Crippen LogP contribution is 2.39. The number of hydrogen-bond donors (Lipinski definition) is 0. The second-order valence-corrected chi connectivity index (χ2v) is 8.34. The molecule has 1 amide bonds. The number of methoxy groups -OCH3 is 1. The van der Waals surface area contributed by atoms with E-state index < -0.39 is 0 Å². The Morgan fingerprint density at radius 3 is 2.59 bits per heavy atom. The Morgan fingerprint density at radius 1 is 1.06 bits per heavy atom. The topological polar surface area (TPSA) is 67.2 Å². The average Bonchev–Trinajstić information content (AvgIpc) is 3.44. The zero-order chi connectivity index (χ0) is 21.9. The summed E-state index contributed by atoms with van der Waals surface area (Å²) in [4.78, 5) is 21.6. The zero-order valence-corrected chi connectivity index (χ0v) is 18.2. The molecule has 0 radical (unpaired) electrons. The van der Waals surface area contributed by atoms with Crippen molar-refractivity contribution in [3.05, 3.63) is 101 Å². The van der Waals surface area contributed by atoms with E-state index >= 15 is 0 Å². The summed E-state index contributed by atoms with van der Waals surface area (Å²) in [5.41, 5.74) is 4.00. The van der Waals surface area contributed by atoms with E-state index in [2.05, 4.69) is 22.1 Å². The van der Waals surface area contributed by atoms with Crippen molar-refractivity contribution in [1.29, 1.82) is 0 Å².